The number of aliphatic hydroxyl groups excluding tert-OH is 1. The SMILES string of the molecule is CCOC(=O)C1=C(O)C(CCC(=O)O)N(C(=O)c2ccccc2)CC1. The molecule has 0 bridgehead atoms. The highest BCUT2D eigenvalue weighted by molar-refractivity contribution is 5.96. The maximum Gasteiger partial charge on any atom is 0.337 e. The van der Waals surface area contributed by atoms with Gasteiger partial charge in [0.05, 0.1) is 18.2 Å². The fourth-order valence-electron chi connectivity index (χ4n) is 2.83. The fraction of sp³-hybridized carbons (Fsp3) is 0.389. The van der Waals surface area contributed by atoms with E-state index < -0.39 is 18.0 Å². The van der Waals surface area contributed by atoms with E-state index in [4.69, 9.17) is 9.84 Å². The highest BCUT2D eigenvalue weighted by atomic mass is 16.5. The number of nitrogens with zero attached hydrogens (tertiary/aromatic N) is 1. The molecule has 0 saturated heterocycles. The smallest absolute Gasteiger partial charge is 0.337 e. The summed E-state index contributed by atoms with van der Waals surface area (Å²) < 4.78 is 4.93. The monoisotopic (exact) mass is 347 g/mol. The Hall–Kier alpha value is -2.83. The molecule has 1 aromatic rings. The van der Waals surface area contributed by atoms with Gasteiger partial charge in [-0.15, -0.1) is 0 Å². The number of carbonyl (C=O) groups excluding carboxylic acids is 2. The van der Waals surface area contributed by atoms with Crippen molar-refractivity contribution in [3.8, 4) is 0 Å². The minimum Gasteiger partial charge on any atom is -0.510 e. The highest BCUT2D eigenvalue weighted by Crippen LogP contribution is 2.28. The third-order valence-electron chi connectivity index (χ3n) is 4.04. The normalized spacial score (nSPS) is 17.3. The molecule has 1 atom stereocenters. The van der Waals surface area contributed by atoms with Crippen molar-refractivity contribution in [2.45, 2.75) is 32.2 Å². The zero-order chi connectivity index (χ0) is 18.4. The minimum atomic E-state index is -1.04. The van der Waals surface area contributed by atoms with Crippen LogP contribution in [0.1, 0.15) is 36.5 Å². The second-order valence-corrected chi connectivity index (χ2v) is 5.65. The first kappa shape index (κ1) is 18.5. The first-order valence-electron chi connectivity index (χ1n) is 8.12. The van der Waals surface area contributed by atoms with Crippen LogP contribution in [0.5, 0.6) is 0 Å². The minimum absolute atomic E-state index is 0.0165. The summed E-state index contributed by atoms with van der Waals surface area (Å²) in [7, 11) is 0. The lowest BCUT2D eigenvalue weighted by Crippen LogP contribution is -2.46. The number of esters is 1. The van der Waals surface area contributed by atoms with Gasteiger partial charge in [0.2, 0.25) is 0 Å². The predicted octanol–water partition coefficient (Wildman–Crippen LogP) is 2.14. The van der Waals surface area contributed by atoms with Crippen LogP contribution in [0.25, 0.3) is 0 Å². The number of hydrogen-bond acceptors (Lipinski definition) is 5. The summed E-state index contributed by atoms with van der Waals surface area (Å²) in [4.78, 5) is 37.0. The largest absolute Gasteiger partial charge is 0.510 e. The molecule has 1 unspecified atom stereocenters. The van der Waals surface area contributed by atoms with Crippen molar-refractivity contribution in [1.82, 2.24) is 4.90 Å². The average Bonchev–Trinajstić information content (AvgIpc) is 2.60. The summed E-state index contributed by atoms with van der Waals surface area (Å²) in [6.07, 6.45) is -0.0567. The topological polar surface area (TPSA) is 104 Å². The van der Waals surface area contributed by atoms with Crippen molar-refractivity contribution in [3.05, 3.63) is 47.2 Å². The molecule has 0 fully saturated rings. The molecule has 0 spiro atoms. The molecule has 0 aliphatic carbocycles. The van der Waals surface area contributed by atoms with Gasteiger partial charge >= 0.3 is 11.9 Å². The van der Waals surface area contributed by atoms with Crippen molar-refractivity contribution in [2.24, 2.45) is 0 Å². The molecule has 1 heterocycles. The van der Waals surface area contributed by atoms with Gasteiger partial charge in [0, 0.05) is 24.9 Å². The number of ether oxygens (including phenoxy) is 1. The molecule has 1 aromatic carbocycles. The molecule has 0 radical (unpaired) electrons. The summed E-state index contributed by atoms with van der Waals surface area (Å²) in [5.41, 5.74) is 0.546. The van der Waals surface area contributed by atoms with Gasteiger partial charge in [-0.25, -0.2) is 4.79 Å². The Balaban J connectivity index is 2.31. The standard InChI is InChI=1S/C18H21NO6/c1-2-25-18(24)13-10-11-19(14(16(13)22)8-9-15(20)21)17(23)12-6-4-3-5-7-12/h3-7,14,22H,2,8-11H2,1H3,(H,20,21). The second kappa shape index (κ2) is 8.32. The van der Waals surface area contributed by atoms with E-state index in [9.17, 15) is 19.5 Å². The molecular weight excluding hydrogens is 326 g/mol. The van der Waals surface area contributed by atoms with Crippen LogP contribution < -0.4 is 0 Å². The molecular formula is C18H21NO6. The van der Waals surface area contributed by atoms with Crippen molar-refractivity contribution < 1.29 is 29.3 Å². The molecule has 0 saturated carbocycles. The summed E-state index contributed by atoms with van der Waals surface area (Å²) in [6, 6.07) is 7.67. The quantitative estimate of drug-likeness (QED) is 0.764. The average molecular weight is 347 g/mol. The van der Waals surface area contributed by atoms with Crippen LogP contribution in [0, 0.1) is 0 Å². The number of aliphatic hydroxyl groups is 1. The number of benzene rings is 1. The van der Waals surface area contributed by atoms with Gasteiger partial charge in [0.15, 0.2) is 0 Å². The van der Waals surface area contributed by atoms with Gasteiger partial charge in [-0.05, 0) is 25.5 Å². The number of rotatable bonds is 6. The maximum absolute atomic E-state index is 12.7. The molecule has 1 aliphatic rings. The number of aliphatic carboxylic acids is 1. The summed E-state index contributed by atoms with van der Waals surface area (Å²) in [6.45, 7) is 2.03. The van der Waals surface area contributed by atoms with Gasteiger partial charge in [0.1, 0.15) is 5.76 Å². The van der Waals surface area contributed by atoms with Crippen LogP contribution in [-0.2, 0) is 14.3 Å². The van der Waals surface area contributed by atoms with Crippen molar-refractivity contribution in [1.29, 1.82) is 0 Å². The summed E-state index contributed by atoms with van der Waals surface area (Å²) >= 11 is 0. The van der Waals surface area contributed by atoms with E-state index in [0.717, 1.165) is 0 Å². The lowest BCUT2D eigenvalue weighted by molar-refractivity contribution is -0.139. The van der Waals surface area contributed by atoms with Crippen LogP contribution >= 0.6 is 0 Å². The second-order valence-electron chi connectivity index (χ2n) is 5.65. The molecule has 2 N–H and O–H groups in total. The Morgan fingerprint density at radius 1 is 1.24 bits per heavy atom. The van der Waals surface area contributed by atoms with Crippen LogP contribution in [0.15, 0.2) is 41.7 Å². The maximum atomic E-state index is 12.7. The van der Waals surface area contributed by atoms with E-state index in [-0.39, 0.29) is 49.7 Å². The van der Waals surface area contributed by atoms with Gasteiger partial charge in [0.25, 0.3) is 5.91 Å². The Morgan fingerprint density at radius 3 is 2.52 bits per heavy atom. The highest BCUT2D eigenvalue weighted by Gasteiger charge is 2.36. The molecule has 7 heteroatoms. The van der Waals surface area contributed by atoms with Crippen molar-refractivity contribution >= 4 is 17.8 Å². The van der Waals surface area contributed by atoms with E-state index in [2.05, 4.69) is 0 Å². The molecule has 1 aliphatic heterocycles. The Morgan fingerprint density at radius 2 is 1.92 bits per heavy atom. The zero-order valence-electron chi connectivity index (χ0n) is 14.0. The number of carboxylic acid groups (broad SMARTS) is 1. The Bertz CT molecular complexity index is 682. The van der Waals surface area contributed by atoms with E-state index in [0.29, 0.717) is 5.56 Å². The molecule has 7 nitrogen and oxygen atoms in total. The summed E-state index contributed by atoms with van der Waals surface area (Å²) in [5, 5.41) is 19.4. The fourth-order valence-corrected chi connectivity index (χ4v) is 2.83. The lowest BCUT2D eigenvalue weighted by atomic mass is 9.95. The van der Waals surface area contributed by atoms with E-state index in [1.165, 1.54) is 4.90 Å². The molecule has 134 valence electrons. The number of carboxylic acids is 1. The predicted molar refractivity (Wildman–Crippen MR) is 89.0 cm³/mol. The van der Waals surface area contributed by atoms with E-state index >= 15 is 0 Å². The molecule has 2 rings (SSSR count). The molecule has 0 aromatic heterocycles. The molecule has 1 amide bonds. The summed E-state index contributed by atoms with van der Waals surface area (Å²) in [5.74, 6) is -2.27. The first-order valence-corrected chi connectivity index (χ1v) is 8.12. The van der Waals surface area contributed by atoms with Crippen molar-refractivity contribution in [2.75, 3.05) is 13.2 Å². The third kappa shape index (κ3) is 4.37. The van der Waals surface area contributed by atoms with Crippen molar-refractivity contribution in [3.63, 3.8) is 0 Å². The van der Waals surface area contributed by atoms with E-state index in [1.54, 1.807) is 37.3 Å². The number of amides is 1. The lowest BCUT2D eigenvalue weighted by Gasteiger charge is -2.36. The zero-order valence-corrected chi connectivity index (χ0v) is 14.0. The van der Waals surface area contributed by atoms with Crippen LogP contribution in [0.4, 0.5) is 0 Å². The van der Waals surface area contributed by atoms with Gasteiger partial charge in [-0.2, -0.15) is 0 Å². The number of hydrogen-bond donors (Lipinski definition) is 2. The van der Waals surface area contributed by atoms with Crippen LogP contribution in [0.3, 0.4) is 0 Å². The van der Waals surface area contributed by atoms with Gasteiger partial charge in [-0.3, -0.25) is 9.59 Å². The van der Waals surface area contributed by atoms with Crippen LogP contribution in [-0.4, -0.2) is 52.2 Å². The van der Waals surface area contributed by atoms with E-state index in [1.807, 2.05) is 0 Å². The number of carbonyl (C=O) groups is 3. The Kier molecular flexibility index (Phi) is 6.16. The third-order valence-corrected chi connectivity index (χ3v) is 4.04. The Labute approximate surface area is 145 Å². The first-order chi connectivity index (χ1) is 12.0. The van der Waals surface area contributed by atoms with Gasteiger partial charge in [-0.1, -0.05) is 18.2 Å². The molecule has 25 heavy (non-hydrogen) atoms. The van der Waals surface area contributed by atoms with Gasteiger partial charge < -0.3 is 19.8 Å². The van der Waals surface area contributed by atoms with Crippen LogP contribution in [0.2, 0.25) is 0 Å².